The molecule has 3 N–H and O–H groups in total. The molecule has 0 aliphatic carbocycles. The maximum Gasteiger partial charge on any atom is 0.354 e. The SMILES string of the molecule is Cc1cc(NC(=O)CCN(C)C)c(C(=O)O)[nH]1. The normalized spacial score (nSPS) is 10.6. The van der Waals surface area contributed by atoms with Gasteiger partial charge in [-0.25, -0.2) is 4.79 Å². The summed E-state index contributed by atoms with van der Waals surface area (Å²) >= 11 is 0. The monoisotopic (exact) mass is 239 g/mol. The van der Waals surface area contributed by atoms with Crippen LogP contribution in [0.25, 0.3) is 0 Å². The largest absolute Gasteiger partial charge is 0.477 e. The molecule has 0 saturated carbocycles. The molecular weight excluding hydrogens is 222 g/mol. The van der Waals surface area contributed by atoms with Crippen molar-refractivity contribution in [2.24, 2.45) is 0 Å². The number of aromatic amines is 1. The number of hydrogen-bond acceptors (Lipinski definition) is 3. The zero-order chi connectivity index (χ0) is 13.0. The first-order chi connectivity index (χ1) is 7.90. The molecule has 0 aliphatic heterocycles. The topological polar surface area (TPSA) is 85.4 Å². The van der Waals surface area contributed by atoms with Crippen LogP contribution in [0, 0.1) is 6.92 Å². The van der Waals surface area contributed by atoms with Gasteiger partial charge in [0.05, 0.1) is 5.69 Å². The summed E-state index contributed by atoms with van der Waals surface area (Å²) in [5.74, 6) is -1.28. The minimum Gasteiger partial charge on any atom is -0.477 e. The number of carboxylic acid groups (broad SMARTS) is 1. The van der Waals surface area contributed by atoms with Crippen LogP contribution in [0.15, 0.2) is 6.07 Å². The van der Waals surface area contributed by atoms with E-state index in [1.165, 1.54) is 0 Å². The molecule has 0 spiro atoms. The molecule has 0 saturated heterocycles. The molecule has 0 aliphatic rings. The summed E-state index contributed by atoms with van der Waals surface area (Å²) in [6.07, 6.45) is 0.330. The molecular formula is C11H17N3O3. The van der Waals surface area contributed by atoms with Gasteiger partial charge in [-0.1, -0.05) is 0 Å². The van der Waals surface area contributed by atoms with Crippen LogP contribution in [0.2, 0.25) is 0 Å². The van der Waals surface area contributed by atoms with Gasteiger partial charge in [-0.3, -0.25) is 4.79 Å². The molecule has 1 heterocycles. The van der Waals surface area contributed by atoms with Crippen molar-refractivity contribution in [1.82, 2.24) is 9.88 Å². The number of carbonyl (C=O) groups excluding carboxylic acids is 1. The lowest BCUT2D eigenvalue weighted by atomic mass is 10.3. The fraction of sp³-hybridized carbons (Fsp3) is 0.455. The molecule has 1 aromatic heterocycles. The van der Waals surface area contributed by atoms with Crippen LogP contribution < -0.4 is 5.32 Å². The van der Waals surface area contributed by atoms with Crippen molar-refractivity contribution in [3.63, 3.8) is 0 Å². The quantitative estimate of drug-likeness (QED) is 0.713. The Hall–Kier alpha value is -1.82. The van der Waals surface area contributed by atoms with Gasteiger partial charge >= 0.3 is 5.97 Å². The Morgan fingerprint density at radius 1 is 1.47 bits per heavy atom. The van der Waals surface area contributed by atoms with Gasteiger partial charge in [0.1, 0.15) is 5.69 Å². The molecule has 0 fully saturated rings. The number of amides is 1. The van der Waals surface area contributed by atoms with Crippen LogP contribution in [0.5, 0.6) is 0 Å². The lowest BCUT2D eigenvalue weighted by Gasteiger charge is -2.09. The fourth-order valence-corrected chi connectivity index (χ4v) is 1.39. The van der Waals surface area contributed by atoms with Crippen LogP contribution >= 0.6 is 0 Å². The molecule has 0 bridgehead atoms. The summed E-state index contributed by atoms with van der Waals surface area (Å²) in [6.45, 7) is 2.36. The highest BCUT2D eigenvalue weighted by Crippen LogP contribution is 2.16. The highest BCUT2D eigenvalue weighted by atomic mass is 16.4. The zero-order valence-corrected chi connectivity index (χ0v) is 10.2. The Labute approximate surface area is 99.6 Å². The lowest BCUT2D eigenvalue weighted by Crippen LogP contribution is -2.21. The van der Waals surface area contributed by atoms with Gasteiger partial charge < -0.3 is 20.3 Å². The molecule has 0 atom stereocenters. The molecule has 0 aromatic carbocycles. The van der Waals surface area contributed by atoms with E-state index >= 15 is 0 Å². The summed E-state index contributed by atoms with van der Waals surface area (Å²) in [5.41, 5.74) is 1.03. The van der Waals surface area contributed by atoms with Gasteiger partial charge in [-0.2, -0.15) is 0 Å². The average molecular weight is 239 g/mol. The molecule has 1 rings (SSSR count). The third-order valence-electron chi connectivity index (χ3n) is 2.23. The number of aryl methyl sites for hydroxylation is 1. The van der Waals surface area contributed by atoms with Crippen molar-refractivity contribution >= 4 is 17.6 Å². The number of aromatic carboxylic acids is 1. The van der Waals surface area contributed by atoms with E-state index in [2.05, 4.69) is 10.3 Å². The zero-order valence-electron chi connectivity index (χ0n) is 10.2. The first-order valence-corrected chi connectivity index (χ1v) is 5.27. The second-order valence-corrected chi connectivity index (χ2v) is 4.15. The lowest BCUT2D eigenvalue weighted by molar-refractivity contribution is -0.116. The molecule has 1 aromatic rings. The van der Waals surface area contributed by atoms with E-state index in [-0.39, 0.29) is 11.6 Å². The smallest absolute Gasteiger partial charge is 0.354 e. The van der Waals surface area contributed by atoms with Gasteiger partial charge in [0.2, 0.25) is 5.91 Å². The van der Waals surface area contributed by atoms with E-state index in [0.29, 0.717) is 24.3 Å². The number of nitrogens with one attached hydrogen (secondary N) is 2. The Morgan fingerprint density at radius 3 is 2.65 bits per heavy atom. The highest BCUT2D eigenvalue weighted by molar-refractivity contribution is 5.99. The minimum absolute atomic E-state index is 0.0145. The first kappa shape index (κ1) is 13.2. The van der Waals surface area contributed by atoms with E-state index in [9.17, 15) is 9.59 Å². The predicted molar refractivity (Wildman–Crippen MR) is 64.3 cm³/mol. The van der Waals surface area contributed by atoms with Crippen molar-refractivity contribution in [3.8, 4) is 0 Å². The molecule has 6 nitrogen and oxygen atoms in total. The van der Waals surface area contributed by atoms with Crippen LogP contribution in [0.3, 0.4) is 0 Å². The second-order valence-electron chi connectivity index (χ2n) is 4.15. The third kappa shape index (κ3) is 3.92. The molecule has 17 heavy (non-hydrogen) atoms. The highest BCUT2D eigenvalue weighted by Gasteiger charge is 2.15. The van der Waals surface area contributed by atoms with E-state index in [1.807, 2.05) is 19.0 Å². The van der Waals surface area contributed by atoms with Crippen molar-refractivity contribution in [3.05, 3.63) is 17.5 Å². The van der Waals surface area contributed by atoms with Gasteiger partial charge in [0.25, 0.3) is 0 Å². The molecule has 0 unspecified atom stereocenters. The number of rotatable bonds is 5. The van der Waals surface area contributed by atoms with Gasteiger partial charge in [-0.05, 0) is 27.1 Å². The number of carboxylic acids is 1. The van der Waals surface area contributed by atoms with Crippen molar-refractivity contribution in [2.45, 2.75) is 13.3 Å². The van der Waals surface area contributed by atoms with E-state index < -0.39 is 5.97 Å². The van der Waals surface area contributed by atoms with Crippen LogP contribution in [-0.2, 0) is 4.79 Å². The number of hydrogen-bond donors (Lipinski definition) is 3. The van der Waals surface area contributed by atoms with E-state index in [0.717, 1.165) is 0 Å². The number of anilines is 1. The molecule has 0 radical (unpaired) electrons. The first-order valence-electron chi connectivity index (χ1n) is 5.27. The van der Waals surface area contributed by atoms with E-state index in [4.69, 9.17) is 5.11 Å². The average Bonchev–Trinajstić information content (AvgIpc) is 2.56. The number of aromatic nitrogens is 1. The summed E-state index contributed by atoms with van der Waals surface area (Å²) in [4.78, 5) is 27.0. The maximum atomic E-state index is 11.6. The third-order valence-corrected chi connectivity index (χ3v) is 2.23. The Bertz CT molecular complexity index is 424. The Morgan fingerprint density at radius 2 is 2.12 bits per heavy atom. The van der Waals surface area contributed by atoms with E-state index in [1.54, 1.807) is 13.0 Å². The standard InChI is InChI=1S/C11H17N3O3/c1-7-6-8(10(12-7)11(16)17)13-9(15)4-5-14(2)3/h6,12H,4-5H2,1-3H3,(H,13,15)(H,16,17). The van der Waals surface area contributed by atoms with Crippen molar-refractivity contribution in [1.29, 1.82) is 0 Å². The summed E-state index contributed by atoms with van der Waals surface area (Å²) in [7, 11) is 3.74. The number of nitrogens with zero attached hydrogens (tertiary/aromatic N) is 1. The Balaban J connectivity index is 2.68. The van der Waals surface area contributed by atoms with Gasteiger partial charge in [0.15, 0.2) is 0 Å². The Kier molecular flexibility index (Phi) is 4.28. The van der Waals surface area contributed by atoms with Crippen LogP contribution in [-0.4, -0.2) is 47.5 Å². The molecule has 1 amide bonds. The number of H-pyrrole nitrogens is 1. The van der Waals surface area contributed by atoms with Crippen molar-refractivity contribution < 1.29 is 14.7 Å². The van der Waals surface area contributed by atoms with Crippen molar-refractivity contribution in [2.75, 3.05) is 26.0 Å². The minimum atomic E-state index is -1.08. The van der Waals surface area contributed by atoms with Crippen LogP contribution in [0.1, 0.15) is 22.6 Å². The maximum absolute atomic E-state index is 11.6. The molecule has 6 heteroatoms. The second kappa shape index (κ2) is 5.49. The summed E-state index contributed by atoms with van der Waals surface area (Å²) in [6, 6.07) is 1.61. The predicted octanol–water partition coefficient (Wildman–Crippen LogP) is 0.912. The summed E-state index contributed by atoms with van der Waals surface area (Å²) < 4.78 is 0. The molecule has 94 valence electrons. The number of carbonyl (C=O) groups is 2. The summed E-state index contributed by atoms with van der Waals surface area (Å²) in [5, 5.41) is 11.5. The van der Waals surface area contributed by atoms with Crippen LogP contribution in [0.4, 0.5) is 5.69 Å². The fourth-order valence-electron chi connectivity index (χ4n) is 1.39. The van der Waals surface area contributed by atoms with Gasteiger partial charge in [0, 0.05) is 18.7 Å². The van der Waals surface area contributed by atoms with Gasteiger partial charge in [-0.15, -0.1) is 0 Å².